The van der Waals surface area contributed by atoms with Crippen LogP contribution in [0.15, 0.2) is 78.3 Å². The van der Waals surface area contributed by atoms with Gasteiger partial charge in [-0.3, -0.25) is 4.79 Å². The zero-order valence-electron chi connectivity index (χ0n) is 17.7. The lowest BCUT2D eigenvalue weighted by Gasteiger charge is -2.11. The van der Waals surface area contributed by atoms with E-state index in [0.29, 0.717) is 30.0 Å². The second kappa shape index (κ2) is 11.0. The average molecular weight is 431 g/mol. The summed E-state index contributed by atoms with van der Waals surface area (Å²) in [6, 6.07) is 21.4. The Kier molecular flexibility index (Phi) is 7.90. The molecule has 2 heterocycles. The predicted molar refractivity (Wildman–Crippen MR) is 130 cm³/mol. The van der Waals surface area contributed by atoms with E-state index in [1.807, 2.05) is 86.0 Å². The van der Waals surface area contributed by atoms with Crippen LogP contribution in [0.5, 0.6) is 0 Å². The van der Waals surface area contributed by atoms with E-state index in [1.54, 1.807) is 17.5 Å². The number of amides is 1. The van der Waals surface area contributed by atoms with Gasteiger partial charge in [-0.2, -0.15) is 0 Å². The number of rotatable bonds is 6. The summed E-state index contributed by atoms with van der Waals surface area (Å²) in [5.74, 6) is 0.394. The van der Waals surface area contributed by atoms with Gasteiger partial charge in [0.2, 0.25) is 5.91 Å². The molecule has 0 radical (unpaired) electrons. The fourth-order valence-corrected chi connectivity index (χ4v) is 3.67. The van der Waals surface area contributed by atoms with Gasteiger partial charge in [0, 0.05) is 17.7 Å². The van der Waals surface area contributed by atoms with Crippen molar-refractivity contribution in [2.75, 3.05) is 11.1 Å². The van der Waals surface area contributed by atoms with Crippen molar-refractivity contribution in [3.8, 4) is 21.8 Å². The van der Waals surface area contributed by atoms with Crippen molar-refractivity contribution in [1.29, 1.82) is 0 Å². The Morgan fingerprint density at radius 2 is 1.74 bits per heavy atom. The summed E-state index contributed by atoms with van der Waals surface area (Å²) in [6.45, 7) is 4.00. The van der Waals surface area contributed by atoms with Crippen molar-refractivity contribution in [2.45, 2.75) is 26.7 Å². The lowest BCUT2D eigenvalue weighted by Crippen LogP contribution is -2.14. The van der Waals surface area contributed by atoms with Gasteiger partial charge in [-0.05, 0) is 35.6 Å². The maximum absolute atomic E-state index is 12.5. The number of anilines is 2. The molecule has 6 heteroatoms. The normalized spacial score (nSPS) is 10.1. The first kappa shape index (κ1) is 22.2. The maximum atomic E-state index is 12.5. The molecule has 0 unspecified atom stereocenters. The molecule has 1 amide bonds. The van der Waals surface area contributed by atoms with Gasteiger partial charge in [0.25, 0.3) is 0 Å². The van der Waals surface area contributed by atoms with Crippen molar-refractivity contribution in [2.24, 2.45) is 0 Å². The second-order valence-corrected chi connectivity index (χ2v) is 7.53. The van der Waals surface area contributed by atoms with E-state index in [2.05, 4.69) is 10.3 Å². The molecule has 0 atom stereocenters. The van der Waals surface area contributed by atoms with E-state index in [-0.39, 0.29) is 5.91 Å². The van der Waals surface area contributed by atoms with Gasteiger partial charge in [-0.15, -0.1) is 11.3 Å². The Labute approximate surface area is 187 Å². The third kappa shape index (κ3) is 5.99. The summed E-state index contributed by atoms with van der Waals surface area (Å²) in [5, 5.41) is 4.91. The van der Waals surface area contributed by atoms with Gasteiger partial charge in [0.05, 0.1) is 16.8 Å². The molecule has 158 valence electrons. The summed E-state index contributed by atoms with van der Waals surface area (Å²) >= 11 is 1.56. The van der Waals surface area contributed by atoms with Crippen LogP contribution < -0.4 is 11.1 Å². The summed E-state index contributed by atoms with van der Waals surface area (Å²) < 4.78 is 0. The topological polar surface area (TPSA) is 80.9 Å². The van der Waals surface area contributed by atoms with Gasteiger partial charge >= 0.3 is 0 Å². The van der Waals surface area contributed by atoms with E-state index in [9.17, 15) is 4.79 Å². The lowest BCUT2D eigenvalue weighted by molar-refractivity contribution is -0.116. The Balaban J connectivity index is 0.00000132. The van der Waals surface area contributed by atoms with Crippen molar-refractivity contribution in [1.82, 2.24) is 9.97 Å². The van der Waals surface area contributed by atoms with Crippen LogP contribution in [0.4, 0.5) is 11.5 Å². The molecule has 4 rings (SSSR count). The number of nitrogens with two attached hydrogens (primary N) is 1. The second-order valence-electron chi connectivity index (χ2n) is 6.59. The summed E-state index contributed by atoms with van der Waals surface area (Å²) in [4.78, 5) is 22.8. The number of aromatic nitrogens is 2. The molecule has 2 aromatic heterocycles. The highest BCUT2D eigenvalue weighted by molar-refractivity contribution is 7.13. The number of nitrogen functional groups attached to an aromatic ring is 1. The van der Waals surface area contributed by atoms with Crippen molar-refractivity contribution in [3.63, 3.8) is 0 Å². The highest BCUT2D eigenvalue weighted by Gasteiger charge is 2.15. The molecule has 0 aliphatic heterocycles. The third-order valence-electron chi connectivity index (χ3n) is 4.47. The number of thiophene rings is 1. The van der Waals surface area contributed by atoms with Crippen LogP contribution >= 0.6 is 11.3 Å². The highest BCUT2D eigenvalue weighted by atomic mass is 32.1. The minimum atomic E-state index is -0.0822. The molecule has 4 aromatic rings. The molecule has 2 aromatic carbocycles. The molecule has 0 spiro atoms. The number of nitrogens with zero attached hydrogens (tertiary/aromatic N) is 2. The minimum absolute atomic E-state index is 0.0822. The summed E-state index contributed by atoms with van der Waals surface area (Å²) in [6.07, 6.45) is 2.74. The van der Waals surface area contributed by atoms with Crippen LogP contribution in [0.25, 0.3) is 21.8 Å². The van der Waals surface area contributed by atoms with Gasteiger partial charge in [0.15, 0.2) is 5.82 Å². The van der Waals surface area contributed by atoms with E-state index in [1.165, 1.54) is 0 Å². The van der Waals surface area contributed by atoms with Crippen LogP contribution in [0, 0.1) is 0 Å². The predicted octanol–water partition coefficient (Wildman–Crippen LogP) is 6.05. The first-order chi connectivity index (χ1) is 15.2. The maximum Gasteiger partial charge on any atom is 0.225 e. The van der Waals surface area contributed by atoms with E-state index < -0.39 is 0 Å². The number of carbonyl (C=O) groups is 1. The number of aryl methyl sites for hydroxylation is 1. The van der Waals surface area contributed by atoms with Crippen LogP contribution in [0.1, 0.15) is 25.8 Å². The zero-order chi connectivity index (χ0) is 22.1. The highest BCUT2D eigenvalue weighted by Crippen LogP contribution is 2.31. The minimum Gasteiger partial charge on any atom is -0.399 e. The molecule has 0 bridgehead atoms. The first-order valence-electron chi connectivity index (χ1n) is 10.3. The SMILES string of the molecule is CC.Nc1ccc(-c2cnc(NC(=O)CCc3ccccc3)c(-c3cccs3)n2)cc1. The fraction of sp³-hybridized carbons (Fsp3) is 0.160. The van der Waals surface area contributed by atoms with E-state index >= 15 is 0 Å². The Hall–Kier alpha value is -3.51. The monoisotopic (exact) mass is 430 g/mol. The molecular weight excluding hydrogens is 404 g/mol. The Morgan fingerprint density at radius 3 is 2.42 bits per heavy atom. The van der Waals surface area contributed by atoms with Gasteiger partial charge in [-0.1, -0.05) is 62.4 Å². The largest absolute Gasteiger partial charge is 0.399 e. The van der Waals surface area contributed by atoms with Crippen molar-refractivity contribution < 1.29 is 4.79 Å². The quantitative estimate of drug-likeness (QED) is 0.365. The Bertz CT molecular complexity index is 1090. The number of hydrogen-bond donors (Lipinski definition) is 2. The molecule has 0 aliphatic carbocycles. The van der Waals surface area contributed by atoms with Gasteiger partial charge in [-0.25, -0.2) is 9.97 Å². The molecule has 5 nitrogen and oxygen atoms in total. The molecule has 31 heavy (non-hydrogen) atoms. The van der Waals surface area contributed by atoms with Crippen LogP contribution in [0.2, 0.25) is 0 Å². The van der Waals surface area contributed by atoms with Gasteiger partial charge < -0.3 is 11.1 Å². The van der Waals surface area contributed by atoms with Crippen molar-refractivity contribution >= 4 is 28.7 Å². The number of carbonyl (C=O) groups excluding carboxylic acids is 1. The zero-order valence-corrected chi connectivity index (χ0v) is 18.5. The Morgan fingerprint density at radius 1 is 1.00 bits per heavy atom. The van der Waals surface area contributed by atoms with Crippen LogP contribution in [-0.2, 0) is 11.2 Å². The van der Waals surface area contributed by atoms with Crippen LogP contribution in [0.3, 0.4) is 0 Å². The van der Waals surface area contributed by atoms with E-state index in [4.69, 9.17) is 10.7 Å². The molecule has 0 saturated heterocycles. The third-order valence-corrected chi connectivity index (χ3v) is 5.35. The molecule has 0 aliphatic rings. The summed E-state index contributed by atoms with van der Waals surface area (Å²) in [7, 11) is 0. The lowest BCUT2D eigenvalue weighted by atomic mass is 10.1. The number of benzene rings is 2. The molecule has 3 N–H and O–H groups in total. The van der Waals surface area contributed by atoms with E-state index in [0.717, 1.165) is 21.7 Å². The van der Waals surface area contributed by atoms with Crippen LogP contribution in [-0.4, -0.2) is 15.9 Å². The molecule has 0 saturated carbocycles. The number of hydrogen-bond acceptors (Lipinski definition) is 5. The van der Waals surface area contributed by atoms with Crippen molar-refractivity contribution in [3.05, 3.63) is 83.9 Å². The average Bonchev–Trinajstić information content (AvgIpc) is 3.35. The number of nitrogens with one attached hydrogen (secondary N) is 1. The molecular formula is C25H26N4OS. The fourth-order valence-electron chi connectivity index (χ4n) is 2.96. The summed E-state index contributed by atoms with van der Waals surface area (Å²) in [5.41, 5.74) is 9.93. The first-order valence-corrected chi connectivity index (χ1v) is 11.2. The standard InChI is InChI=1S/C23H20N4OS.C2H6/c24-18-11-9-17(10-12-18)19-15-25-23(22(26-19)20-7-4-14-29-20)27-21(28)13-8-16-5-2-1-3-6-16;1-2/h1-7,9-12,14-15H,8,13,24H2,(H,25,27,28);1-2H3. The molecule has 0 fully saturated rings. The van der Waals surface area contributed by atoms with Gasteiger partial charge in [0.1, 0.15) is 5.69 Å². The smallest absolute Gasteiger partial charge is 0.225 e.